The molecule has 1 aromatic rings. The van der Waals surface area contributed by atoms with Gasteiger partial charge in [-0.3, -0.25) is 0 Å². The Kier molecular flexibility index (Phi) is 4.24. The molecule has 0 aromatic heterocycles. The molecular formula is C12H17FO2. The maximum atomic E-state index is 13.4. The Morgan fingerprint density at radius 2 is 2.07 bits per heavy atom. The van der Waals surface area contributed by atoms with Crippen molar-refractivity contribution >= 4 is 0 Å². The van der Waals surface area contributed by atoms with E-state index in [0.717, 1.165) is 6.42 Å². The van der Waals surface area contributed by atoms with Crippen LogP contribution in [-0.4, -0.2) is 18.3 Å². The van der Waals surface area contributed by atoms with Crippen molar-refractivity contribution in [2.45, 2.75) is 25.9 Å². The Labute approximate surface area is 89.7 Å². The molecule has 1 rings (SSSR count). The minimum absolute atomic E-state index is 0.113. The maximum absolute atomic E-state index is 13.4. The van der Waals surface area contributed by atoms with Crippen molar-refractivity contribution in [1.29, 1.82) is 0 Å². The van der Waals surface area contributed by atoms with E-state index in [-0.39, 0.29) is 12.2 Å². The van der Waals surface area contributed by atoms with Gasteiger partial charge in [0, 0.05) is 12.2 Å². The van der Waals surface area contributed by atoms with Crippen LogP contribution < -0.4 is 0 Å². The molecule has 0 heterocycles. The second-order valence-corrected chi connectivity index (χ2v) is 3.81. The van der Waals surface area contributed by atoms with E-state index in [2.05, 4.69) is 0 Å². The average molecular weight is 212 g/mol. The lowest BCUT2D eigenvalue weighted by Crippen LogP contribution is -2.29. The predicted octanol–water partition coefficient (Wildman–Crippen LogP) is 2.46. The smallest absolute Gasteiger partial charge is 0.129 e. The summed E-state index contributed by atoms with van der Waals surface area (Å²) in [5.41, 5.74) is -0.985. The Hall–Kier alpha value is -0.930. The normalized spacial score (nSPS) is 14.9. The molecule has 3 heteroatoms. The molecule has 2 nitrogen and oxygen atoms in total. The molecule has 0 aliphatic carbocycles. The second kappa shape index (κ2) is 5.24. The van der Waals surface area contributed by atoms with Crippen molar-refractivity contribution in [2.75, 3.05) is 13.2 Å². The minimum Gasteiger partial charge on any atom is -0.383 e. The topological polar surface area (TPSA) is 29.5 Å². The molecule has 0 aliphatic rings. The van der Waals surface area contributed by atoms with Crippen LogP contribution in [0.15, 0.2) is 24.3 Å². The van der Waals surface area contributed by atoms with Crippen LogP contribution in [0.2, 0.25) is 0 Å². The second-order valence-electron chi connectivity index (χ2n) is 3.81. The summed E-state index contributed by atoms with van der Waals surface area (Å²) in [6.07, 6.45) is 0.882. The quantitative estimate of drug-likeness (QED) is 0.760. The number of benzene rings is 1. The summed E-state index contributed by atoms with van der Waals surface area (Å²) >= 11 is 0. The number of hydrogen-bond donors (Lipinski definition) is 1. The summed E-state index contributed by atoms with van der Waals surface area (Å²) in [5, 5.41) is 10.0. The Bertz CT molecular complexity index is 310. The SMILES string of the molecule is CCCOCC(C)(O)c1ccccc1F. The van der Waals surface area contributed by atoms with Gasteiger partial charge >= 0.3 is 0 Å². The lowest BCUT2D eigenvalue weighted by atomic mass is 9.96. The van der Waals surface area contributed by atoms with Gasteiger partial charge in [0.2, 0.25) is 0 Å². The van der Waals surface area contributed by atoms with Crippen molar-refractivity contribution in [3.8, 4) is 0 Å². The fourth-order valence-corrected chi connectivity index (χ4v) is 1.39. The third kappa shape index (κ3) is 3.29. The number of rotatable bonds is 5. The number of aliphatic hydroxyl groups is 1. The third-order valence-electron chi connectivity index (χ3n) is 2.19. The van der Waals surface area contributed by atoms with E-state index >= 15 is 0 Å². The zero-order valence-corrected chi connectivity index (χ0v) is 9.16. The van der Waals surface area contributed by atoms with Crippen LogP contribution in [0.5, 0.6) is 0 Å². The molecule has 1 unspecified atom stereocenters. The largest absolute Gasteiger partial charge is 0.383 e. The lowest BCUT2D eigenvalue weighted by Gasteiger charge is -2.24. The highest BCUT2D eigenvalue weighted by Gasteiger charge is 2.26. The molecule has 0 saturated heterocycles. The summed E-state index contributed by atoms with van der Waals surface area (Å²) in [6, 6.07) is 6.21. The van der Waals surface area contributed by atoms with Gasteiger partial charge in [-0.25, -0.2) is 4.39 Å². The molecular weight excluding hydrogens is 195 g/mol. The van der Waals surface area contributed by atoms with Crippen LogP contribution in [0.4, 0.5) is 4.39 Å². The first-order valence-corrected chi connectivity index (χ1v) is 5.13. The van der Waals surface area contributed by atoms with Gasteiger partial charge in [0.1, 0.15) is 11.4 Å². The van der Waals surface area contributed by atoms with Gasteiger partial charge in [-0.1, -0.05) is 25.1 Å². The summed E-state index contributed by atoms with van der Waals surface area (Å²) in [5.74, 6) is -0.400. The Balaban J connectivity index is 2.72. The molecule has 1 atom stereocenters. The van der Waals surface area contributed by atoms with Crippen LogP contribution in [0, 0.1) is 5.82 Å². The molecule has 0 saturated carbocycles. The molecule has 15 heavy (non-hydrogen) atoms. The zero-order chi connectivity index (χ0) is 11.3. The highest BCUT2D eigenvalue weighted by atomic mass is 19.1. The fourth-order valence-electron chi connectivity index (χ4n) is 1.39. The van der Waals surface area contributed by atoms with Gasteiger partial charge in [-0.15, -0.1) is 0 Å². The molecule has 84 valence electrons. The first-order valence-electron chi connectivity index (χ1n) is 5.13. The average Bonchev–Trinajstić information content (AvgIpc) is 2.18. The highest BCUT2D eigenvalue weighted by Crippen LogP contribution is 2.23. The molecule has 0 spiro atoms. The van der Waals surface area contributed by atoms with Gasteiger partial charge in [-0.05, 0) is 19.4 Å². The third-order valence-corrected chi connectivity index (χ3v) is 2.19. The van der Waals surface area contributed by atoms with Crippen LogP contribution in [0.25, 0.3) is 0 Å². The molecule has 1 aromatic carbocycles. The Morgan fingerprint density at radius 3 is 2.67 bits per heavy atom. The van der Waals surface area contributed by atoms with Crippen LogP contribution in [-0.2, 0) is 10.3 Å². The predicted molar refractivity (Wildman–Crippen MR) is 57.1 cm³/mol. The van der Waals surface area contributed by atoms with Crippen molar-refractivity contribution < 1.29 is 14.2 Å². The molecule has 0 radical (unpaired) electrons. The van der Waals surface area contributed by atoms with Crippen molar-refractivity contribution in [1.82, 2.24) is 0 Å². The first-order chi connectivity index (χ1) is 7.08. The monoisotopic (exact) mass is 212 g/mol. The first kappa shape index (κ1) is 12.1. The van der Waals surface area contributed by atoms with E-state index in [1.807, 2.05) is 6.92 Å². The van der Waals surface area contributed by atoms with Gasteiger partial charge in [0.05, 0.1) is 6.61 Å². The zero-order valence-electron chi connectivity index (χ0n) is 9.16. The van der Waals surface area contributed by atoms with E-state index in [1.165, 1.54) is 6.07 Å². The van der Waals surface area contributed by atoms with E-state index in [4.69, 9.17) is 4.74 Å². The molecule has 0 fully saturated rings. The molecule has 0 amide bonds. The van der Waals surface area contributed by atoms with Crippen LogP contribution in [0.1, 0.15) is 25.8 Å². The Morgan fingerprint density at radius 1 is 1.40 bits per heavy atom. The van der Waals surface area contributed by atoms with Gasteiger partial charge in [0.15, 0.2) is 0 Å². The number of halogens is 1. The molecule has 0 aliphatic heterocycles. The maximum Gasteiger partial charge on any atom is 0.129 e. The summed E-state index contributed by atoms with van der Waals surface area (Å²) in [4.78, 5) is 0. The molecule has 0 bridgehead atoms. The summed E-state index contributed by atoms with van der Waals surface area (Å²) < 4.78 is 18.6. The van der Waals surface area contributed by atoms with E-state index in [1.54, 1.807) is 25.1 Å². The van der Waals surface area contributed by atoms with E-state index in [0.29, 0.717) is 6.61 Å². The van der Waals surface area contributed by atoms with Gasteiger partial charge in [-0.2, -0.15) is 0 Å². The number of hydrogen-bond acceptors (Lipinski definition) is 2. The molecule has 1 N–H and O–H groups in total. The van der Waals surface area contributed by atoms with Crippen molar-refractivity contribution in [2.24, 2.45) is 0 Å². The van der Waals surface area contributed by atoms with Crippen LogP contribution >= 0.6 is 0 Å². The highest BCUT2D eigenvalue weighted by molar-refractivity contribution is 5.23. The number of ether oxygens (including phenoxy) is 1. The van der Waals surface area contributed by atoms with Gasteiger partial charge < -0.3 is 9.84 Å². The summed E-state index contributed by atoms with van der Waals surface area (Å²) in [6.45, 7) is 4.23. The lowest BCUT2D eigenvalue weighted by molar-refractivity contribution is -0.0396. The van der Waals surface area contributed by atoms with Crippen molar-refractivity contribution in [3.05, 3.63) is 35.6 Å². The van der Waals surface area contributed by atoms with Crippen LogP contribution in [0.3, 0.4) is 0 Å². The standard InChI is InChI=1S/C12H17FO2/c1-3-8-15-9-12(2,14)10-6-4-5-7-11(10)13/h4-7,14H,3,8-9H2,1-2H3. The minimum atomic E-state index is -1.26. The van der Waals surface area contributed by atoms with E-state index in [9.17, 15) is 9.50 Å². The van der Waals surface area contributed by atoms with Gasteiger partial charge in [0.25, 0.3) is 0 Å². The fraction of sp³-hybridized carbons (Fsp3) is 0.500. The van der Waals surface area contributed by atoms with E-state index < -0.39 is 11.4 Å². The van der Waals surface area contributed by atoms with Crippen molar-refractivity contribution in [3.63, 3.8) is 0 Å². The summed E-state index contributed by atoms with van der Waals surface area (Å²) in [7, 11) is 0.